The summed E-state index contributed by atoms with van der Waals surface area (Å²) in [5.41, 5.74) is 11.5. The molecule has 0 radical (unpaired) electrons. The summed E-state index contributed by atoms with van der Waals surface area (Å²) < 4.78 is 0. The number of piperidine rings is 1. The first-order chi connectivity index (χ1) is 17.4. The van der Waals surface area contributed by atoms with Crippen LogP contribution >= 0.6 is 0 Å². The lowest BCUT2D eigenvalue weighted by Crippen LogP contribution is -2.57. The summed E-state index contributed by atoms with van der Waals surface area (Å²) in [6.45, 7) is 4.17. The number of likely N-dealkylation sites (tertiary alicyclic amines) is 2. The number of amides is 2. The molecule has 0 bridgehead atoms. The van der Waals surface area contributed by atoms with E-state index in [-0.39, 0.29) is 35.7 Å². The Labute approximate surface area is 216 Å². The van der Waals surface area contributed by atoms with Crippen LogP contribution in [0, 0.1) is 29.1 Å². The third kappa shape index (κ3) is 5.73. The molecule has 0 aromatic heterocycles. The Kier molecular flexibility index (Phi) is 8.17. The van der Waals surface area contributed by atoms with Crippen LogP contribution in [0.15, 0.2) is 0 Å². The van der Waals surface area contributed by atoms with E-state index in [0.717, 1.165) is 90.4 Å². The van der Waals surface area contributed by atoms with Gasteiger partial charge in [0, 0.05) is 30.5 Å². The van der Waals surface area contributed by atoms with E-state index in [1.807, 2.05) is 0 Å². The molecule has 7 N–H and O–H groups in total. The van der Waals surface area contributed by atoms with Crippen molar-refractivity contribution in [1.29, 1.82) is 5.41 Å². The number of carbonyl (C=O) groups is 2. The zero-order valence-electron chi connectivity index (χ0n) is 21.8. The Hall–Kier alpha value is -1.71. The number of amidine groups is 1. The highest BCUT2D eigenvalue weighted by atomic mass is 16.2. The SMILES string of the molecule is N=C(N)C1CCC2CC(C(=O)NC3CCNC(N4CCCC4)C3)N(CC3CCC(C(N)=O)CC3)C2C1. The van der Waals surface area contributed by atoms with Crippen molar-refractivity contribution in [2.75, 3.05) is 26.2 Å². The molecule has 2 aliphatic carbocycles. The molecule has 0 aromatic rings. The standard InChI is InChI=1S/C27H47N7O2/c28-25(29)20-8-7-19-13-23(27(36)32-21-9-10-31-24(15-21)33-11-1-2-12-33)34(22(19)14-20)16-17-3-5-18(6-4-17)26(30)35/h17-24,31H,1-16H2,(H3,28,29)(H2,30,35)(H,32,36). The van der Waals surface area contributed by atoms with E-state index in [1.165, 1.54) is 12.8 Å². The quantitative estimate of drug-likeness (QED) is 0.264. The fourth-order valence-corrected chi connectivity index (χ4v) is 7.93. The number of nitrogens with two attached hydrogens (primary N) is 2. The third-order valence-corrected chi connectivity index (χ3v) is 10.1. The highest BCUT2D eigenvalue weighted by Gasteiger charge is 2.48. The van der Waals surface area contributed by atoms with Gasteiger partial charge in [0.15, 0.2) is 0 Å². The minimum Gasteiger partial charge on any atom is -0.387 e. The summed E-state index contributed by atoms with van der Waals surface area (Å²) in [6, 6.07) is 0.451. The van der Waals surface area contributed by atoms with E-state index in [4.69, 9.17) is 16.9 Å². The minimum atomic E-state index is -0.169. The molecule has 36 heavy (non-hydrogen) atoms. The number of hydrogen-bond donors (Lipinski definition) is 5. The molecule has 5 rings (SSSR count). The molecule has 2 saturated carbocycles. The Morgan fingerprint density at radius 3 is 2.33 bits per heavy atom. The van der Waals surface area contributed by atoms with Gasteiger partial charge in [0.05, 0.1) is 18.0 Å². The van der Waals surface area contributed by atoms with Crippen molar-refractivity contribution in [3.8, 4) is 0 Å². The molecule has 202 valence electrons. The predicted molar refractivity (Wildman–Crippen MR) is 140 cm³/mol. The first kappa shape index (κ1) is 25.9. The van der Waals surface area contributed by atoms with Crippen LogP contribution in [0.25, 0.3) is 0 Å². The van der Waals surface area contributed by atoms with Gasteiger partial charge in [-0.05, 0) is 109 Å². The first-order valence-corrected chi connectivity index (χ1v) is 14.6. The number of rotatable bonds is 7. The van der Waals surface area contributed by atoms with Gasteiger partial charge in [-0.2, -0.15) is 0 Å². The van der Waals surface area contributed by atoms with Crippen LogP contribution in [0.1, 0.15) is 77.0 Å². The zero-order valence-corrected chi connectivity index (χ0v) is 21.8. The van der Waals surface area contributed by atoms with Crippen LogP contribution in [-0.2, 0) is 9.59 Å². The molecule has 3 heterocycles. The van der Waals surface area contributed by atoms with Crippen LogP contribution in [0.4, 0.5) is 0 Å². The maximum atomic E-state index is 13.8. The van der Waals surface area contributed by atoms with Crippen LogP contribution in [-0.4, -0.2) is 77.9 Å². The molecular formula is C27H47N7O2. The van der Waals surface area contributed by atoms with Gasteiger partial charge in [-0.3, -0.25) is 24.8 Å². The highest BCUT2D eigenvalue weighted by molar-refractivity contribution is 5.83. The summed E-state index contributed by atoms with van der Waals surface area (Å²) in [4.78, 5) is 30.5. The topological polar surface area (TPSA) is 141 Å². The van der Waals surface area contributed by atoms with E-state index in [2.05, 4.69) is 20.4 Å². The second kappa shape index (κ2) is 11.4. The highest BCUT2D eigenvalue weighted by Crippen LogP contribution is 2.43. The van der Waals surface area contributed by atoms with Crippen molar-refractivity contribution >= 4 is 17.6 Å². The van der Waals surface area contributed by atoms with E-state index in [1.54, 1.807) is 0 Å². The maximum Gasteiger partial charge on any atom is 0.237 e. The van der Waals surface area contributed by atoms with Crippen molar-refractivity contribution in [3.63, 3.8) is 0 Å². The second-order valence-electron chi connectivity index (χ2n) is 12.3. The summed E-state index contributed by atoms with van der Waals surface area (Å²) in [5, 5.41) is 15.2. The van der Waals surface area contributed by atoms with E-state index < -0.39 is 0 Å². The zero-order chi connectivity index (χ0) is 25.2. The average molecular weight is 502 g/mol. The fraction of sp³-hybridized carbons (Fsp3) is 0.889. The van der Waals surface area contributed by atoms with E-state index in [0.29, 0.717) is 29.9 Å². The van der Waals surface area contributed by atoms with Gasteiger partial charge < -0.3 is 22.1 Å². The smallest absolute Gasteiger partial charge is 0.237 e. The number of nitrogens with one attached hydrogen (secondary N) is 3. The minimum absolute atomic E-state index is 0.00640. The van der Waals surface area contributed by atoms with Crippen molar-refractivity contribution in [2.45, 2.75) is 101 Å². The molecule has 5 aliphatic rings. The lowest BCUT2D eigenvalue weighted by molar-refractivity contribution is -0.127. The van der Waals surface area contributed by atoms with Gasteiger partial charge in [0.2, 0.25) is 11.8 Å². The second-order valence-corrected chi connectivity index (χ2v) is 12.3. The molecule has 6 unspecified atom stereocenters. The van der Waals surface area contributed by atoms with Crippen LogP contribution in [0.5, 0.6) is 0 Å². The number of carbonyl (C=O) groups excluding carboxylic acids is 2. The normalized spacial score (nSPS) is 40.0. The Balaban J connectivity index is 1.24. The lowest BCUT2D eigenvalue weighted by atomic mass is 9.77. The molecule has 3 aliphatic heterocycles. The monoisotopic (exact) mass is 501 g/mol. The Bertz CT molecular complexity index is 808. The molecule has 3 saturated heterocycles. The van der Waals surface area contributed by atoms with Crippen molar-refractivity contribution in [3.05, 3.63) is 0 Å². The van der Waals surface area contributed by atoms with Crippen molar-refractivity contribution < 1.29 is 9.59 Å². The summed E-state index contributed by atoms with van der Waals surface area (Å²) in [5.74, 6) is 1.46. The third-order valence-electron chi connectivity index (χ3n) is 10.1. The van der Waals surface area contributed by atoms with Crippen LogP contribution < -0.4 is 22.1 Å². The van der Waals surface area contributed by atoms with Gasteiger partial charge in [-0.15, -0.1) is 0 Å². The average Bonchev–Trinajstić information content (AvgIpc) is 3.53. The van der Waals surface area contributed by atoms with Crippen molar-refractivity contribution in [1.82, 2.24) is 20.4 Å². The van der Waals surface area contributed by atoms with Gasteiger partial charge in [0.25, 0.3) is 0 Å². The molecule has 0 spiro atoms. The summed E-state index contributed by atoms with van der Waals surface area (Å²) >= 11 is 0. The molecular weight excluding hydrogens is 454 g/mol. The Morgan fingerprint density at radius 1 is 0.917 bits per heavy atom. The Morgan fingerprint density at radius 2 is 1.64 bits per heavy atom. The van der Waals surface area contributed by atoms with Gasteiger partial charge in [-0.1, -0.05) is 0 Å². The van der Waals surface area contributed by atoms with Gasteiger partial charge in [0.1, 0.15) is 0 Å². The largest absolute Gasteiger partial charge is 0.387 e. The number of nitrogens with zero attached hydrogens (tertiary/aromatic N) is 2. The summed E-state index contributed by atoms with van der Waals surface area (Å²) in [6.07, 6.45) is 12.4. The van der Waals surface area contributed by atoms with E-state index in [9.17, 15) is 9.59 Å². The van der Waals surface area contributed by atoms with Gasteiger partial charge >= 0.3 is 0 Å². The molecule has 2 amide bonds. The molecule has 9 nitrogen and oxygen atoms in total. The molecule has 0 aromatic carbocycles. The van der Waals surface area contributed by atoms with E-state index >= 15 is 0 Å². The van der Waals surface area contributed by atoms with Crippen molar-refractivity contribution in [2.24, 2.45) is 35.1 Å². The van der Waals surface area contributed by atoms with Crippen LogP contribution in [0.3, 0.4) is 0 Å². The summed E-state index contributed by atoms with van der Waals surface area (Å²) in [7, 11) is 0. The predicted octanol–water partition coefficient (Wildman–Crippen LogP) is 1.36. The number of hydrogen-bond acceptors (Lipinski definition) is 6. The molecule has 6 atom stereocenters. The van der Waals surface area contributed by atoms with Gasteiger partial charge in [-0.25, -0.2) is 0 Å². The molecule has 9 heteroatoms. The first-order valence-electron chi connectivity index (χ1n) is 14.6. The fourth-order valence-electron chi connectivity index (χ4n) is 7.93. The lowest BCUT2D eigenvalue weighted by Gasteiger charge is -2.40. The van der Waals surface area contributed by atoms with Crippen LogP contribution in [0.2, 0.25) is 0 Å². The number of primary amides is 1. The maximum absolute atomic E-state index is 13.8. The molecule has 5 fully saturated rings. The number of fused-ring (bicyclic) bond motifs is 1.